The van der Waals surface area contributed by atoms with Crippen LogP contribution in [0, 0.1) is 6.92 Å². The van der Waals surface area contributed by atoms with E-state index in [9.17, 15) is 0 Å². The highest BCUT2D eigenvalue weighted by Gasteiger charge is 2.03. The van der Waals surface area contributed by atoms with Gasteiger partial charge in [-0.15, -0.1) is 0 Å². The number of hydrogen-bond donors (Lipinski definition) is 1. The number of halogens is 3. The van der Waals surface area contributed by atoms with Crippen molar-refractivity contribution in [3.05, 3.63) is 55.9 Å². The molecule has 0 fully saturated rings. The Balaban J connectivity index is 1.86. The second-order valence-corrected chi connectivity index (χ2v) is 6.49. The number of nitrogens with one attached hydrogen (secondary N) is 1. The molecule has 1 N–H and O–H groups in total. The smallest absolute Gasteiger partial charge is 0.120 e. The Labute approximate surface area is 140 Å². The molecule has 0 atom stereocenters. The molecule has 0 amide bonds. The molecule has 106 valence electrons. The largest absolute Gasteiger partial charge is 0.492 e. The van der Waals surface area contributed by atoms with E-state index in [1.54, 1.807) is 0 Å². The first-order valence-electron chi connectivity index (χ1n) is 6.14. The lowest BCUT2D eigenvalue weighted by molar-refractivity contribution is 0.332. The van der Waals surface area contributed by atoms with Crippen molar-refractivity contribution in [2.45, 2.75) is 6.92 Å². The predicted octanol–water partition coefficient (Wildman–Crippen LogP) is 5.66. The lowest BCUT2D eigenvalue weighted by atomic mass is 10.2. The Morgan fingerprint density at radius 3 is 2.75 bits per heavy atom. The molecule has 2 rings (SSSR count). The summed E-state index contributed by atoms with van der Waals surface area (Å²) >= 11 is 13.0. The fraction of sp³-hybridized carbons (Fsp3) is 0.200. The maximum Gasteiger partial charge on any atom is 0.120 e. The zero-order chi connectivity index (χ0) is 14.5. The molecule has 0 saturated carbocycles. The van der Waals surface area contributed by atoms with Gasteiger partial charge in [-0.3, -0.25) is 0 Å². The first-order chi connectivity index (χ1) is 9.56. The molecule has 0 aromatic heterocycles. The van der Waals surface area contributed by atoms with Gasteiger partial charge in [0.1, 0.15) is 12.4 Å². The van der Waals surface area contributed by atoms with Crippen LogP contribution < -0.4 is 10.1 Å². The van der Waals surface area contributed by atoms with Gasteiger partial charge in [0, 0.05) is 20.5 Å². The fourth-order valence-electron chi connectivity index (χ4n) is 1.69. The zero-order valence-electron chi connectivity index (χ0n) is 10.9. The number of aryl methyl sites for hydroxylation is 1. The van der Waals surface area contributed by atoms with Gasteiger partial charge in [0.05, 0.1) is 5.69 Å². The molecule has 2 nitrogen and oxygen atoms in total. The van der Waals surface area contributed by atoms with Crippen LogP contribution in [0.15, 0.2) is 45.3 Å². The molecule has 0 aliphatic heterocycles. The van der Waals surface area contributed by atoms with Crippen molar-refractivity contribution in [3.63, 3.8) is 0 Å². The van der Waals surface area contributed by atoms with E-state index in [4.69, 9.17) is 16.3 Å². The summed E-state index contributed by atoms with van der Waals surface area (Å²) in [5.74, 6) is 0.849. The van der Waals surface area contributed by atoms with E-state index in [0.29, 0.717) is 13.2 Å². The van der Waals surface area contributed by atoms with Crippen LogP contribution in [0.4, 0.5) is 5.69 Å². The maximum absolute atomic E-state index is 6.11. The number of hydrogen-bond acceptors (Lipinski definition) is 2. The number of anilines is 1. The van der Waals surface area contributed by atoms with Gasteiger partial charge in [0.15, 0.2) is 0 Å². The summed E-state index contributed by atoms with van der Waals surface area (Å²) in [7, 11) is 0. The lowest BCUT2D eigenvalue weighted by Crippen LogP contribution is -2.11. The van der Waals surface area contributed by atoms with E-state index in [1.807, 2.05) is 43.3 Å². The van der Waals surface area contributed by atoms with Crippen LogP contribution in [0.2, 0.25) is 5.02 Å². The molecule has 0 aliphatic carbocycles. The van der Waals surface area contributed by atoms with Crippen LogP contribution in [-0.4, -0.2) is 13.2 Å². The van der Waals surface area contributed by atoms with E-state index in [1.165, 1.54) is 0 Å². The quantitative estimate of drug-likeness (QED) is 0.631. The molecule has 0 unspecified atom stereocenters. The summed E-state index contributed by atoms with van der Waals surface area (Å²) in [6, 6.07) is 11.7. The van der Waals surface area contributed by atoms with Gasteiger partial charge in [-0.1, -0.05) is 33.6 Å². The highest BCUT2D eigenvalue weighted by molar-refractivity contribution is 9.10. The Morgan fingerprint density at radius 1 is 1.20 bits per heavy atom. The van der Waals surface area contributed by atoms with Gasteiger partial charge >= 0.3 is 0 Å². The maximum atomic E-state index is 6.11. The van der Waals surface area contributed by atoms with E-state index >= 15 is 0 Å². The SMILES string of the molecule is Cc1cc(Br)c(NCCOc2cccc(Br)c2)cc1Cl. The van der Waals surface area contributed by atoms with Crippen molar-refractivity contribution in [2.24, 2.45) is 0 Å². The number of ether oxygens (including phenoxy) is 1. The average Bonchev–Trinajstić information content (AvgIpc) is 2.40. The molecule has 0 bridgehead atoms. The van der Waals surface area contributed by atoms with E-state index in [2.05, 4.69) is 37.2 Å². The third-order valence-electron chi connectivity index (χ3n) is 2.73. The molecule has 2 aromatic carbocycles. The summed E-state index contributed by atoms with van der Waals surface area (Å²) < 4.78 is 7.67. The molecular formula is C15H14Br2ClNO. The van der Waals surface area contributed by atoms with E-state index in [-0.39, 0.29) is 0 Å². The van der Waals surface area contributed by atoms with Gasteiger partial charge in [-0.2, -0.15) is 0 Å². The molecule has 0 heterocycles. The number of rotatable bonds is 5. The van der Waals surface area contributed by atoms with Gasteiger partial charge in [0.2, 0.25) is 0 Å². The Morgan fingerprint density at radius 2 is 2.00 bits per heavy atom. The molecular weight excluding hydrogens is 405 g/mol. The average molecular weight is 420 g/mol. The number of benzene rings is 2. The van der Waals surface area contributed by atoms with Crippen LogP contribution in [-0.2, 0) is 0 Å². The van der Waals surface area contributed by atoms with Crippen molar-refractivity contribution in [2.75, 3.05) is 18.5 Å². The van der Waals surface area contributed by atoms with Crippen molar-refractivity contribution in [3.8, 4) is 5.75 Å². The minimum atomic E-state index is 0.578. The summed E-state index contributed by atoms with van der Waals surface area (Å²) in [5, 5.41) is 4.05. The molecule has 0 aliphatic rings. The van der Waals surface area contributed by atoms with Crippen molar-refractivity contribution >= 4 is 49.1 Å². The summed E-state index contributed by atoms with van der Waals surface area (Å²) in [5.41, 5.74) is 2.02. The second-order valence-electron chi connectivity index (χ2n) is 4.31. The summed E-state index contributed by atoms with van der Waals surface area (Å²) in [6.07, 6.45) is 0. The summed E-state index contributed by atoms with van der Waals surface area (Å²) in [4.78, 5) is 0. The monoisotopic (exact) mass is 417 g/mol. The summed E-state index contributed by atoms with van der Waals surface area (Å²) in [6.45, 7) is 3.26. The Hall–Kier alpha value is -0.710. The first kappa shape index (κ1) is 15.7. The van der Waals surface area contributed by atoms with E-state index < -0.39 is 0 Å². The van der Waals surface area contributed by atoms with Gasteiger partial charge < -0.3 is 10.1 Å². The first-order valence-corrected chi connectivity index (χ1v) is 8.10. The third-order valence-corrected chi connectivity index (χ3v) is 4.29. The second kappa shape index (κ2) is 7.34. The normalized spacial score (nSPS) is 10.4. The topological polar surface area (TPSA) is 21.3 Å². The standard InChI is InChI=1S/C15H14Br2ClNO/c1-10-7-13(17)15(9-14(10)18)19-5-6-20-12-4-2-3-11(16)8-12/h2-4,7-9,19H,5-6H2,1H3. The zero-order valence-corrected chi connectivity index (χ0v) is 14.8. The molecule has 0 spiro atoms. The van der Waals surface area contributed by atoms with E-state index in [0.717, 1.165) is 31.0 Å². The third kappa shape index (κ3) is 4.40. The van der Waals surface area contributed by atoms with Gasteiger partial charge in [-0.05, 0) is 58.7 Å². The molecule has 20 heavy (non-hydrogen) atoms. The van der Waals surface area contributed by atoms with Crippen LogP contribution in [0.5, 0.6) is 5.75 Å². The van der Waals surface area contributed by atoms with Gasteiger partial charge in [0.25, 0.3) is 0 Å². The lowest BCUT2D eigenvalue weighted by Gasteiger charge is -2.11. The Bertz CT molecular complexity index is 604. The predicted molar refractivity (Wildman–Crippen MR) is 92.0 cm³/mol. The van der Waals surface area contributed by atoms with Crippen LogP contribution in [0.3, 0.4) is 0 Å². The van der Waals surface area contributed by atoms with Crippen molar-refractivity contribution < 1.29 is 4.74 Å². The van der Waals surface area contributed by atoms with Crippen molar-refractivity contribution in [1.82, 2.24) is 0 Å². The highest BCUT2D eigenvalue weighted by Crippen LogP contribution is 2.29. The van der Waals surface area contributed by atoms with Crippen LogP contribution in [0.25, 0.3) is 0 Å². The minimum Gasteiger partial charge on any atom is -0.492 e. The van der Waals surface area contributed by atoms with Crippen LogP contribution in [0.1, 0.15) is 5.56 Å². The molecule has 5 heteroatoms. The molecule has 0 radical (unpaired) electrons. The fourth-order valence-corrected chi connectivity index (χ4v) is 2.83. The van der Waals surface area contributed by atoms with Gasteiger partial charge in [-0.25, -0.2) is 0 Å². The van der Waals surface area contributed by atoms with Crippen LogP contribution >= 0.6 is 43.5 Å². The Kier molecular flexibility index (Phi) is 5.75. The molecule has 0 saturated heterocycles. The van der Waals surface area contributed by atoms with Crippen molar-refractivity contribution in [1.29, 1.82) is 0 Å². The minimum absolute atomic E-state index is 0.578. The highest BCUT2D eigenvalue weighted by atomic mass is 79.9. The molecule has 2 aromatic rings.